The van der Waals surface area contributed by atoms with E-state index in [1.54, 1.807) is 47.4 Å². The van der Waals surface area contributed by atoms with Crippen LogP contribution in [-0.2, 0) is 10.0 Å². The monoisotopic (exact) mass is 389 g/mol. The van der Waals surface area contributed by atoms with Crippen LogP contribution >= 0.6 is 0 Å². The molecule has 1 heterocycles. The minimum absolute atomic E-state index is 0.151. The molecule has 0 N–H and O–H groups in total. The number of sulfonamides is 1. The van der Waals surface area contributed by atoms with Crippen LogP contribution in [-0.4, -0.2) is 49.6 Å². The average molecular weight is 389 g/mol. The van der Waals surface area contributed by atoms with E-state index in [-0.39, 0.29) is 35.0 Å². The predicted molar refractivity (Wildman–Crippen MR) is 101 cm³/mol. The molecule has 1 aliphatic heterocycles. The van der Waals surface area contributed by atoms with Crippen molar-refractivity contribution in [3.8, 4) is 0 Å². The van der Waals surface area contributed by atoms with Crippen molar-refractivity contribution < 1.29 is 18.1 Å². The van der Waals surface area contributed by atoms with Gasteiger partial charge in [0.15, 0.2) is 5.78 Å². The average Bonchev–Trinajstić information content (AvgIpc) is 2.68. The molecule has 0 atom stereocenters. The van der Waals surface area contributed by atoms with E-state index in [0.717, 1.165) is 0 Å². The molecule has 9 heteroatoms. The molecule has 27 heavy (non-hydrogen) atoms. The van der Waals surface area contributed by atoms with Gasteiger partial charge in [0.05, 0.1) is 9.82 Å². The third-order valence-electron chi connectivity index (χ3n) is 4.54. The predicted octanol–water partition coefficient (Wildman–Crippen LogP) is 2.31. The number of benzene rings is 2. The maximum Gasteiger partial charge on any atom is 0.293 e. The van der Waals surface area contributed by atoms with Crippen LogP contribution in [0.2, 0.25) is 0 Å². The van der Waals surface area contributed by atoms with Crippen LogP contribution in [0.4, 0.5) is 11.4 Å². The minimum atomic E-state index is -3.58. The van der Waals surface area contributed by atoms with Gasteiger partial charge in [-0.3, -0.25) is 14.9 Å². The van der Waals surface area contributed by atoms with Crippen LogP contribution in [0.1, 0.15) is 17.3 Å². The summed E-state index contributed by atoms with van der Waals surface area (Å²) in [4.78, 5) is 24.4. The molecule has 0 bridgehead atoms. The summed E-state index contributed by atoms with van der Waals surface area (Å²) >= 11 is 0. The molecule has 0 aliphatic carbocycles. The van der Waals surface area contributed by atoms with Gasteiger partial charge in [0.1, 0.15) is 5.69 Å². The summed E-state index contributed by atoms with van der Waals surface area (Å²) in [5.74, 6) is -0.247. The van der Waals surface area contributed by atoms with Crippen LogP contribution in [0.5, 0.6) is 0 Å². The van der Waals surface area contributed by atoms with Crippen molar-refractivity contribution in [3.63, 3.8) is 0 Å². The number of ketones is 1. The molecule has 0 saturated carbocycles. The standard InChI is InChI=1S/C18H19N3O5S/c1-14(22)15-7-8-17(18(13-15)21(23)24)19-9-11-20(12-10-19)27(25,26)16-5-3-2-4-6-16/h2-8,13H,9-12H2,1H3. The number of hydrogen-bond donors (Lipinski definition) is 0. The van der Waals surface area contributed by atoms with Gasteiger partial charge < -0.3 is 4.90 Å². The lowest BCUT2D eigenvalue weighted by Crippen LogP contribution is -2.48. The summed E-state index contributed by atoms with van der Waals surface area (Å²) in [5.41, 5.74) is 0.513. The topological polar surface area (TPSA) is 101 Å². The number of carbonyl (C=O) groups is 1. The molecule has 0 aromatic heterocycles. The Hall–Kier alpha value is -2.78. The maximum absolute atomic E-state index is 12.7. The fraction of sp³-hybridized carbons (Fsp3) is 0.278. The first kappa shape index (κ1) is 19.0. The number of rotatable bonds is 5. The quantitative estimate of drug-likeness (QED) is 0.442. The highest BCUT2D eigenvalue weighted by molar-refractivity contribution is 7.89. The molecule has 0 amide bonds. The second-order valence-electron chi connectivity index (χ2n) is 6.22. The molecule has 3 rings (SSSR count). The smallest absolute Gasteiger partial charge is 0.293 e. The molecule has 1 aliphatic rings. The molecule has 1 fully saturated rings. The zero-order valence-electron chi connectivity index (χ0n) is 14.7. The number of nitrogens with zero attached hydrogens (tertiary/aromatic N) is 3. The number of Topliss-reactive ketones (excluding diaryl/α,β-unsaturated/α-hetero) is 1. The van der Waals surface area contributed by atoms with Crippen LogP contribution in [0.3, 0.4) is 0 Å². The Kier molecular flexibility index (Phi) is 5.24. The van der Waals surface area contributed by atoms with E-state index in [1.807, 2.05) is 0 Å². The van der Waals surface area contributed by atoms with Gasteiger partial charge in [-0.25, -0.2) is 8.42 Å². The molecule has 2 aromatic rings. The number of carbonyl (C=O) groups excluding carboxylic acids is 1. The number of piperazine rings is 1. The molecular weight excluding hydrogens is 370 g/mol. The Bertz CT molecular complexity index is 968. The van der Waals surface area contributed by atoms with Gasteiger partial charge in [-0.15, -0.1) is 0 Å². The molecule has 1 saturated heterocycles. The van der Waals surface area contributed by atoms with Crippen LogP contribution in [0, 0.1) is 10.1 Å². The summed E-state index contributed by atoms with van der Waals surface area (Å²) in [6.45, 7) is 2.45. The third-order valence-corrected chi connectivity index (χ3v) is 6.45. The van der Waals surface area contributed by atoms with Gasteiger partial charge in [0.25, 0.3) is 5.69 Å². The van der Waals surface area contributed by atoms with Crippen LogP contribution in [0.15, 0.2) is 53.4 Å². The van der Waals surface area contributed by atoms with Crippen molar-refractivity contribution >= 4 is 27.2 Å². The highest BCUT2D eigenvalue weighted by atomic mass is 32.2. The van der Waals surface area contributed by atoms with E-state index >= 15 is 0 Å². The molecule has 142 valence electrons. The zero-order valence-corrected chi connectivity index (χ0v) is 15.6. The van der Waals surface area contributed by atoms with Gasteiger partial charge in [-0.1, -0.05) is 18.2 Å². The van der Waals surface area contributed by atoms with E-state index in [9.17, 15) is 23.3 Å². The lowest BCUT2D eigenvalue weighted by molar-refractivity contribution is -0.384. The van der Waals surface area contributed by atoms with Crippen molar-refractivity contribution in [2.75, 3.05) is 31.1 Å². The SMILES string of the molecule is CC(=O)c1ccc(N2CCN(S(=O)(=O)c3ccccc3)CC2)c([N+](=O)[O-])c1. The number of nitro benzene ring substituents is 1. The first-order chi connectivity index (χ1) is 12.8. The summed E-state index contributed by atoms with van der Waals surface area (Å²) < 4.78 is 26.8. The fourth-order valence-corrected chi connectivity index (χ4v) is 4.51. The van der Waals surface area contributed by atoms with Gasteiger partial charge in [-0.2, -0.15) is 4.31 Å². The fourth-order valence-electron chi connectivity index (χ4n) is 3.07. The first-order valence-corrected chi connectivity index (χ1v) is 9.84. The molecular formula is C18H19N3O5S. The minimum Gasteiger partial charge on any atom is -0.363 e. The van der Waals surface area contributed by atoms with Crippen molar-refractivity contribution in [2.45, 2.75) is 11.8 Å². The Balaban J connectivity index is 1.80. The van der Waals surface area contributed by atoms with Gasteiger partial charge in [-0.05, 0) is 31.2 Å². The Morgan fingerprint density at radius 1 is 1.04 bits per heavy atom. The second-order valence-corrected chi connectivity index (χ2v) is 8.16. The molecule has 0 unspecified atom stereocenters. The summed E-state index contributed by atoms with van der Waals surface area (Å²) in [6.07, 6.45) is 0. The summed E-state index contributed by atoms with van der Waals surface area (Å²) in [6, 6.07) is 12.6. The van der Waals surface area contributed by atoms with Crippen LogP contribution < -0.4 is 4.90 Å². The highest BCUT2D eigenvalue weighted by Crippen LogP contribution is 2.31. The van der Waals surface area contributed by atoms with E-state index in [4.69, 9.17) is 0 Å². The second kappa shape index (κ2) is 7.45. The number of hydrogen-bond acceptors (Lipinski definition) is 6. The van der Waals surface area contributed by atoms with Crippen molar-refractivity contribution in [3.05, 3.63) is 64.2 Å². The van der Waals surface area contributed by atoms with Gasteiger partial charge in [0.2, 0.25) is 10.0 Å². The van der Waals surface area contributed by atoms with Gasteiger partial charge >= 0.3 is 0 Å². The molecule has 0 spiro atoms. The van der Waals surface area contributed by atoms with Crippen molar-refractivity contribution in [1.82, 2.24) is 4.31 Å². The highest BCUT2D eigenvalue weighted by Gasteiger charge is 2.30. The number of nitro groups is 1. The third kappa shape index (κ3) is 3.83. The molecule has 2 aromatic carbocycles. The van der Waals surface area contributed by atoms with Crippen LogP contribution in [0.25, 0.3) is 0 Å². The molecule has 8 nitrogen and oxygen atoms in total. The Labute approximate surface area is 157 Å². The van der Waals surface area contributed by atoms with Crippen molar-refractivity contribution in [2.24, 2.45) is 0 Å². The van der Waals surface area contributed by atoms with E-state index in [1.165, 1.54) is 17.3 Å². The zero-order chi connectivity index (χ0) is 19.6. The summed E-state index contributed by atoms with van der Waals surface area (Å²) in [5, 5.41) is 11.4. The molecule has 0 radical (unpaired) electrons. The van der Waals surface area contributed by atoms with E-state index in [2.05, 4.69) is 0 Å². The first-order valence-electron chi connectivity index (χ1n) is 8.40. The number of anilines is 1. The lowest BCUT2D eigenvalue weighted by atomic mass is 10.1. The normalized spacial score (nSPS) is 15.5. The largest absolute Gasteiger partial charge is 0.363 e. The maximum atomic E-state index is 12.7. The summed E-state index contributed by atoms with van der Waals surface area (Å²) in [7, 11) is -3.58. The Morgan fingerprint density at radius 2 is 1.67 bits per heavy atom. The lowest BCUT2D eigenvalue weighted by Gasteiger charge is -2.35. The van der Waals surface area contributed by atoms with Gasteiger partial charge in [0, 0.05) is 37.8 Å². The Morgan fingerprint density at radius 3 is 2.22 bits per heavy atom. The van der Waals surface area contributed by atoms with Crippen molar-refractivity contribution in [1.29, 1.82) is 0 Å². The van der Waals surface area contributed by atoms with E-state index < -0.39 is 14.9 Å². The van der Waals surface area contributed by atoms with E-state index in [0.29, 0.717) is 18.8 Å².